The average Bonchev–Trinajstić information content (AvgIpc) is 2.46. The lowest BCUT2D eigenvalue weighted by molar-refractivity contribution is -0.110. The summed E-state index contributed by atoms with van der Waals surface area (Å²) in [7, 11) is 0. The summed E-state index contributed by atoms with van der Waals surface area (Å²) in [4.78, 5) is 11.7. The van der Waals surface area contributed by atoms with Gasteiger partial charge in [0, 0.05) is 5.02 Å². The van der Waals surface area contributed by atoms with E-state index in [0.29, 0.717) is 5.02 Å². The zero-order valence-electron chi connectivity index (χ0n) is 11.2. The Labute approximate surface area is 124 Å². The van der Waals surface area contributed by atoms with Gasteiger partial charge in [0.25, 0.3) is 0 Å². The highest BCUT2D eigenvalue weighted by molar-refractivity contribution is 6.30. The third-order valence-corrected chi connectivity index (χ3v) is 3.08. The molecule has 0 unspecified atom stereocenters. The number of carbonyl (C=O) groups is 1. The van der Waals surface area contributed by atoms with E-state index in [4.69, 9.17) is 11.6 Å². The number of rotatable bonds is 4. The van der Waals surface area contributed by atoms with Gasteiger partial charge in [0.2, 0.25) is 0 Å². The van der Waals surface area contributed by atoms with Crippen LogP contribution in [0.2, 0.25) is 5.02 Å². The minimum Gasteiger partial charge on any atom is -0.290 e. The lowest BCUT2D eigenvalue weighted by Gasteiger charge is -1.94. The largest absolute Gasteiger partial charge is 0.290 e. The summed E-state index contributed by atoms with van der Waals surface area (Å²) in [6, 6.07) is 15.4. The van der Waals surface area contributed by atoms with Crippen molar-refractivity contribution in [2.45, 2.75) is 6.92 Å². The molecule has 0 amide bonds. The van der Waals surface area contributed by atoms with Crippen molar-refractivity contribution >= 4 is 29.5 Å². The molecule has 0 atom stereocenters. The fourth-order valence-electron chi connectivity index (χ4n) is 1.66. The van der Waals surface area contributed by atoms with Crippen LogP contribution in [0.4, 0.5) is 0 Å². The number of halogens is 1. The molecule has 0 aliphatic rings. The molecule has 2 aromatic rings. The zero-order valence-corrected chi connectivity index (χ0v) is 12.0. The van der Waals surface area contributed by atoms with Crippen LogP contribution in [-0.2, 0) is 4.79 Å². The van der Waals surface area contributed by atoms with Gasteiger partial charge in [0.05, 0.1) is 0 Å². The monoisotopic (exact) mass is 282 g/mol. The molecule has 2 heteroatoms. The quantitative estimate of drug-likeness (QED) is 0.726. The number of hydrogen-bond donors (Lipinski definition) is 0. The first kappa shape index (κ1) is 14.3. The average molecular weight is 283 g/mol. The maximum absolute atomic E-state index is 11.7. The van der Waals surface area contributed by atoms with E-state index in [2.05, 4.69) is 0 Å². The Bertz CT molecular complexity index is 577. The van der Waals surface area contributed by atoms with Gasteiger partial charge < -0.3 is 0 Å². The first-order valence-corrected chi connectivity index (χ1v) is 6.74. The zero-order chi connectivity index (χ0) is 14.4. The number of allylic oxidation sites excluding steroid dienone is 2. The Hall–Kier alpha value is -2.12. The molecule has 1 nitrogen and oxygen atoms in total. The van der Waals surface area contributed by atoms with Crippen molar-refractivity contribution in [3.63, 3.8) is 0 Å². The van der Waals surface area contributed by atoms with E-state index in [1.165, 1.54) is 5.56 Å². The molecular weight excluding hydrogens is 268 g/mol. The summed E-state index contributed by atoms with van der Waals surface area (Å²) in [5, 5.41) is 0.688. The molecule has 0 aliphatic carbocycles. The third-order valence-electron chi connectivity index (χ3n) is 2.83. The fourth-order valence-corrected chi connectivity index (χ4v) is 1.79. The fraction of sp³-hybridized carbons (Fsp3) is 0.0556. The van der Waals surface area contributed by atoms with Gasteiger partial charge in [-0.2, -0.15) is 0 Å². The molecule has 0 saturated heterocycles. The highest BCUT2D eigenvalue weighted by atomic mass is 35.5. The van der Waals surface area contributed by atoms with Crippen LogP contribution in [0.1, 0.15) is 16.7 Å². The van der Waals surface area contributed by atoms with Crippen LogP contribution in [0.3, 0.4) is 0 Å². The Kier molecular flexibility index (Phi) is 4.91. The lowest BCUT2D eigenvalue weighted by atomic mass is 10.1. The van der Waals surface area contributed by atoms with Crippen LogP contribution in [-0.4, -0.2) is 5.78 Å². The van der Waals surface area contributed by atoms with Gasteiger partial charge in [-0.25, -0.2) is 0 Å². The minimum atomic E-state index is -0.0412. The standard InChI is InChI=1S/C18H15ClO/c1-14-2-4-15(5-3-14)8-12-18(20)13-9-16-6-10-17(19)11-7-16/h2-13H,1H3. The SMILES string of the molecule is Cc1ccc(C=CC(=O)C=Cc2ccc(Cl)cc2)cc1. The van der Waals surface area contributed by atoms with Crippen molar-refractivity contribution < 1.29 is 4.79 Å². The predicted molar refractivity (Wildman–Crippen MR) is 85.7 cm³/mol. The molecule has 0 bridgehead atoms. The van der Waals surface area contributed by atoms with Crippen molar-refractivity contribution in [3.8, 4) is 0 Å². The summed E-state index contributed by atoms with van der Waals surface area (Å²) in [6.07, 6.45) is 6.71. The van der Waals surface area contributed by atoms with Gasteiger partial charge >= 0.3 is 0 Å². The molecule has 0 spiro atoms. The van der Waals surface area contributed by atoms with Gasteiger partial charge in [-0.15, -0.1) is 0 Å². The second-order valence-corrected chi connectivity index (χ2v) is 4.97. The van der Waals surface area contributed by atoms with Crippen LogP contribution in [0, 0.1) is 6.92 Å². The molecule has 0 radical (unpaired) electrons. The number of ketones is 1. The van der Waals surface area contributed by atoms with E-state index in [0.717, 1.165) is 11.1 Å². The molecule has 0 N–H and O–H groups in total. The molecule has 100 valence electrons. The van der Waals surface area contributed by atoms with Crippen molar-refractivity contribution in [1.29, 1.82) is 0 Å². The van der Waals surface area contributed by atoms with Crippen LogP contribution in [0.5, 0.6) is 0 Å². The van der Waals surface area contributed by atoms with Gasteiger partial charge in [-0.1, -0.05) is 65.7 Å². The van der Waals surface area contributed by atoms with E-state index >= 15 is 0 Å². The van der Waals surface area contributed by atoms with Crippen LogP contribution in [0.25, 0.3) is 12.2 Å². The molecular formula is C18H15ClO. The minimum absolute atomic E-state index is 0.0412. The van der Waals surface area contributed by atoms with E-state index in [-0.39, 0.29) is 5.78 Å². The number of aryl methyl sites for hydroxylation is 1. The summed E-state index contributed by atoms with van der Waals surface area (Å²) >= 11 is 5.80. The Morgan fingerprint density at radius 2 is 1.30 bits per heavy atom. The van der Waals surface area contributed by atoms with Gasteiger partial charge in [-0.3, -0.25) is 4.79 Å². The van der Waals surface area contributed by atoms with Crippen molar-refractivity contribution in [2.24, 2.45) is 0 Å². The molecule has 2 rings (SSSR count). The normalized spacial score (nSPS) is 11.3. The van der Waals surface area contributed by atoms with E-state index in [9.17, 15) is 4.79 Å². The molecule has 0 aliphatic heterocycles. The number of benzene rings is 2. The Balaban J connectivity index is 1.98. The second kappa shape index (κ2) is 6.88. The van der Waals surface area contributed by atoms with Crippen molar-refractivity contribution in [3.05, 3.63) is 82.4 Å². The highest BCUT2D eigenvalue weighted by Crippen LogP contribution is 2.11. The highest BCUT2D eigenvalue weighted by Gasteiger charge is 1.92. The molecule has 0 heterocycles. The summed E-state index contributed by atoms with van der Waals surface area (Å²) < 4.78 is 0. The summed E-state index contributed by atoms with van der Waals surface area (Å²) in [5.41, 5.74) is 3.17. The molecule has 0 fully saturated rings. The van der Waals surface area contributed by atoms with Crippen molar-refractivity contribution in [1.82, 2.24) is 0 Å². The molecule has 20 heavy (non-hydrogen) atoms. The molecule has 2 aromatic carbocycles. The summed E-state index contributed by atoms with van der Waals surface area (Å²) in [5.74, 6) is -0.0412. The van der Waals surface area contributed by atoms with E-state index in [1.54, 1.807) is 30.4 Å². The Morgan fingerprint density at radius 1 is 0.850 bits per heavy atom. The number of carbonyl (C=O) groups excluding carboxylic acids is 1. The third kappa shape index (κ3) is 4.52. The van der Waals surface area contributed by atoms with E-state index in [1.807, 2.05) is 49.4 Å². The van der Waals surface area contributed by atoms with Gasteiger partial charge in [0.15, 0.2) is 5.78 Å². The van der Waals surface area contributed by atoms with Crippen LogP contribution >= 0.6 is 11.6 Å². The molecule has 0 aromatic heterocycles. The topological polar surface area (TPSA) is 17.1 Å². The predicted octanol–water partition coefficient (Wildman–Crippen LogP) is 4.94. The summed E-state index contributed by atoms with van der Waals surface area (Å²) in [6.45, 7) is 2.04. The molecule has 0 saturated carbocycles. The van der Waals surface area contributed by atoms with Gasteiger partial charge in [-0.05, 0) is 42.3 Å². The second-order valence-electron chi connectivity index (χ2n) is 4.53. The van der Waals surface area contributed by atoms with E-state index < -0.39 is 0 Å². The van der Waals surface area contributed by atoms with Crippen molar-refractivity contribution in [2.75, 3.05) is 0 Å². The first-order valence-electron chi connectivity index (χ1n) is 6.36. The first-order chi connectivity index (χ1) is 9.63. The van der Waals surface area contributed by atoms with Gasteiger partial charge in [0.1, 0.15) is 0 Å². The number of hydrogen-bond acceptors (Lipinski definition) is 1. The lowest BCUT2D eigenvalue weighted by Crippen LogP contribution is -1.85. The maximum atomic E-state index is 11.7. The smallest absolute Gasteiger partial charge is 0.178 e. The Morgan fingerprint density at radius 3 is 1.80 bits per heavy atom. The van der Waals surface area contributed by atoms with Crippen LogP contribution < -0.4 is 0 Å². The maximum Gasteiger partial charge on any atom is 0.178 e. The van der Waals surface area contributed by atoms with Crippen LogP contribution in [0.15, 0.2) is 60.7 Å².